The predicted molar refractivity (Wildman–Crippen MR) is 50.8 cm³/mol. The SMILES string of the molecule is COC(=O)c1cccc(S(C)(=O)=O)c1F. The lowest BCUT2D eigenvalue weighted by molar-refractivity contribution is 0.0595. The lowest BCUT2D eigenvalue weighted by Crippen LogP contribution is -2.09. The Morgan fingerprint density at radius 2 is 2.00 bits per heavy atom. The van der Waals surface area contributed by atoms with E-state index >= 15 is 0 Å². The molecule has 0 aliphatic heterocycles. The van der Waals surface area contributed by atoms with Crippen LogP contribution in [0.3, 0.4) is 0 Å². The lowest BCUT2D eigenvalue weighted by Gasteiger charge is -2.04. The van der Waals surface area contributed by atoms with Crippen molar-refractivity contribution in [2.24, 2.45) is 0 Å². The van der Waals surface area contributed by atoms with Crippen molar-refractivity contribution in [2.45, 2.75) is 4.90 Å². The van der Waals surface area contributed by atoms with E-state index in [4.69, 9.17) is 0 Å². The minimum Gasteiger partial charge on any atom is -0.465 e. The largest absolute Gasteiger partial charge is 0.465 e. The van der Waals surface area contributed by atoms with Crippen LogP contribution in [0.15, 0.2) is 23.1 Å². The van der Waals surface area contributed by atoms with Gasteiger partial charge in [-0.15, -0.1) is 0 Å². The minimum atomic E-state index is -3.68. The second-order valence-corrected chi connectivity index (χ2v) is 4.87. The number of methoxy groups -OCH3 is 1. The summed E-state index contributed by atoms with van der Waals surface area (Å²) < 4.78 is 40.1. The Balaban J connectivity index is 3.43. The van der Waals surface area contributed by atoms with Crippen LogP contribution in [0.25, 0.3) is 0 Å². The van der Waals surface area contributed by atoms with E-state index in [2.05, 4.69) is 4.74 Å². The van der Waals surface area contributed by atoms with E-state index in [0.717, 1.165) is 25.5 Å². The van der Waals surface area contributed by atoms with Crippen molar-refractivity contribution in [2.75, 3.05) is 13.4 Å². The fourth-order valence-electron chi connectivity index (χ4n) is 1.06. The third kappa shape index (κ3) is 2.33. The number of sulfone groups is 1. The van der Waals surface area contributed by atoms with Gasteiger partial charge in [-0.2, -0.15) is 0 Å². The summed E-state index contributed by atoms with van der Waals surface area (Å²) in [5, 5.41) is 0. The number of carbonyl (C=O) groups excluding carboxylic acids is 1. The Bertz CT molecular complexity index is 493. The van der Waals surface area contributed by atoms with Crippen molar-refractivity contribution in [3.8, 4) is 0 Å². The number of hydrogen-bond acceptors (Lipinski definition) is 4. The molecule has 15 heavy (non-hydrogen) atoms. The Hall–Kier alpha value is -1.43. The van der Waals surface area contributed by atoms with E-state index in [-0.39, 0.29) is 5.56 Å². The molecule has 0 radical (unpaired) electrons. The number of benzene rings is 1. The maximum atomic E-state index is 13.5. The highest BCUT2D eigenvalue weighted by Crippen LogP contribution is 2.18. The molecular weight excluding hydrogens is 223 g/mol. The van der Waals surface area contributed by atoms with Crippen molar-refractivity contribution in [1.29, 1.82) is 0 Å². The molecule has 6 heteroatoms. The predicted octanol–water partition coefficient (Wildman–Crippen LogP) is 1.02. The highest BCUT2D eigenvalue weighted by Gasteiger charge is 2.20. The topological polar surface area (TPSA) is 60.4 Å². The molecule has 1 aromatic rings. The van der Waals surface area contributed by atoms with E-state index in [1.165, 1.54) is 6.07 Å². The van der Waals surface area contributed by atoms with Crippen LogP contribution in [0.5, 0.6) is 0 Å². The van der Waals surface area contributed by atoms with Gasteiger partial charge < -0.3 is 4.74 Å². The standard InChI is InChI=1S/C9H9FO4S/c1-14-9(11)6-4-3-5-7(8(6)10)15(2,12)13/h3-5H,1-2H3. The molecule has 0 fully saturated rings. The molecule has 0 N–H and O–H groups in total. The summed E-state index contributed by atoms with van der Waals surface area (Å²) in [6, 6.07) is 3.54. The molecule has 0 aliphatic carbocycles. The second kappa shape index (κ2) is 3.98. The third-order valence-corrected chi connectivity index (χ3v) is 2.88. The molecule has 0 unspecified atom stereocenters. The van der Waals surface area contributed by atoms with Crippen molar-refractivity contribution < 1.29 is 22.3 Å². The zero-order valence-electron chi connectivity index (χ0n) is 8.15. The summed E-state index contributed by atoms with van der Waals surface area (Å²) in [5.41, 5.74) is -0.388. The molecule has 1 aromatic carbocycles. The van der Waals surface area contributed by atoms with Crippen molar-refractivity contribution in [1.82, 2.24) is 0 Å². The maximum Gasteiger partial charge on any atom is 0.340 e. The first kappa shape index (κ1) is 11.6. The molecule has 0 aliphatic rings. The molecule has 0 aromatic heterocycles. The maximum absolute atomic E-state index is 13.5. The Kier molecular flexibility index (Phi) is 3.09. The van der Waals surface area contributed by atoms with Gasteiger partial charge in [-0.3, -0.25) is 0 Å². The normalized spacial score (nSPS) is 11.1. The minimum absolute atomic E-state index is 0.388. The molecule has 0 atom stereocenters. The van der Waals surface area contributed by atoms with Gasteiger partial charge in [0.15, 0.2) is 15.7 Å². The average Bonchev–Trinajstić information content (AvgIpc) is 2.15. The lowest BCUT2D eigenvalue weighted by atomic mass is 10.2. The molecule has 1 rings (SSSR count). The van der Waals surface area contributed by atoms with Gasteiger partial charge in [0.2, 0.25) is 0 Å². The summed E-state index contributed by atoms with van der Waals surface area (Å²) in [6.07, 6.45) is 0.868. The molecule has 0 bridgehead atoms. The van der Waals surface area contributed by atoms with Crippen LogP contribution in [0.4, 0.5) is 4.39 Å². The van der Waals surface area contributed by atoms with Crippen LogP contribution in [-0.4, -0.2) is 27.8 Å². The second-order valence-electron chi connectivity index (χ2n) is 2.88. The quantitative estimate of drug-likeness (QED) is 0.714. The van der Waals surface area contributed by atoms with Gasteiger partial charge in [0.25, 0.3) is 0 Å². The smallest absolute Gasteiger partial charge is 0.340 e. The zero-order chi connectivity index (χ0) is 11.6. The van der Waals surface area contributed by atoms with Crippen LogP contribution in [0.2, 0.25) is 0 Å². The zero-order valence-corrected chi connectivity index (χ0v) is 8.97. The number of ether oxygens (including phenoxy) is 1. The van der Waals surface area contributed by atoms with Crippen molar-refractivity contribution >= 4 is 15.8 Å². The highest BCUT2D eigenvalue weighted by molar-refractivity contribution is 7.90. The Morgan fingerprint density at radius 1 is 1.40 bits per heavy atom. The molecule has 0 heterocycles. The fraction of sp³-hybridized carbons (Fsp3) is 0.222. The number of halogens is 1. The Labute approximate surface area is 86.6 Å². The molecule has 82 valence electrons. The van der Waals surface area contributed by atoms with Crippen LogP contribution >= 0.6 is 0 Å². The van der Waals surface area contributed by atoms with Gasteiger partial charge >= 0.3 is 5.97 Å². The van der Waals surface area contributed by atoms with E-state index in [0.29, 0.717) is 0 Å². The number of carbonyl (C=O) groups is 1. The average molecular weight is 232 g/mol. The number of hydrogen-bond donors (Lipinski definition) is 0. The van der Waals surface area contributed by atoms with E-state index in [1.807, 2.05) is 0 Å². The fourth-order valence-corrected chi connectivity index (χ4v) is 1.83. The molecule has 0 saturated heterocycles. The molecule has 4 nitrogen and oxygen atoms in total. The number of esters is 1. The van der Waals surface area contributed by atoms with E-state index < -0.39 is 26.5 Å². The van der Waals surface area contributed by atoms with Gasteiger partial charge in [-0.1, -0.05) is 6.07 Å². The van der Waals surface area contributed by atoms with Crippen LogP contribution in [-0.2, 0) is 14.6 Å². The van der Waals surface area contributed by atoms with Crippen molar-refractivity contribution in [3.63, 3.8) is 0 Å². The van der Waals surface area contributed by atoms with Gasteiger partial charge in [-0.25, -0.2) is 17.6 Å². The summed E-state index contributed by atoms with van der Waals surface area (Å²) in [6.45, 7) is 0. The summed E-state index contributed by atoms with van der Waals surface area (Å²) in [5.74, 6) is -1.98. The van der Waals surface area contributed by atoms with Gasteiger partial charge in [0.1, 0.15) is 4.90 Å². The van der Waals surface area contributed by atoms with Gasteiger partial charge in [-0.05, 0) is 12.1 Å². The monoisotopic (exact) mass is 232 g/mol. The third-order valence-electron chi connectivity index (χ3n) is 1.77. The summed E-state index contributed by atoms with van der Waals surface area (Å²) in [7, 11) is -2.59. The van der Waals surface area contributed by atoms with E-state index in [9.17, 15) is 17.6 Å². The highest BCUT2D eigenvalue weighted by atomic mass is 32.2. The number of rotatable bonds is 2. The first-order valence-electron chi connectivity index (χ1n) is 3.95. The van der Waals surface area contributed by atoms with Crippen LogP contribution in [0.1, 0.15) is 10.4 Å². The summed E-state index contributed by atoms with van der Waals surface area (Å²) >= 11 is 0. The molecule has 0 amide bonds. The van der Waals surface area contributed by atoms with Crippen molar-refractivity contribution in [3.05, 3.63) is 29.6 Å². The summed E-state index contributed by atoms with van der Waals surface area (Å²) in [4.78, 5) is 10.5. The molecular formula is C9H9FO4S. The molecule has 0 spiro atoms. The Morgan fingerprint density at radius 3 is 2.47 bits per heavy atom. The van der Waals surface area contributed by atoms with Crippen LogP contribution in [0, 0.1) is 5.82 Å². The molecule has 0 saturated carbocycles. The first-order valence-corrected chi connectivity index (χ1v) is 5.84. The van der Waals surface area contributed by atoms with Gasteiger partial charge in [0, 0.05) is 6.26 Å². The van der Waals surface area contributed by atoms with Gasteiger partial charge in [0.05, 0.1) is 12.7 Å². The first-order chi connectivity index (χ1) is 6.88. The van der Waals surface area contributed by atoms with E-state index in [1.54, 1.807) is 0 Å². The van der Waals surface area contributed by atoms with Crippen LogP contribution < -0.4 is 0 Å².